The molecular formula is C12H7Br3S. The molecule has 0 aliphatic rings. The fourth-order valence-electron chi connectivity index (χ4n) is 1.19. The predicted molar refractivity (Wildman–Crippen MR) is 80.1 cm³/mol. The van der Waals surface area contributed by atoms with Gasteiger partial charge in [0.2, 0.25) is 0 Å². The molecule has 0 aromatic heterocycles. The van der Waals surface area contributed by atoms with Gasteiger partial charge in [-0.2, -0.15) is 0 Å². The van der Waals surface area contributed by atoms with E-state index in [2.05, 4.69) is 84.2 Å². The topological polar surface area (TPSA) is 0 Å². The fraction of sp³-hybridized carbons (Fsp3) is 0. The van der Waals surface area contributed by atoms with Crippen molar-refractivity contribution >= 4 is 59.6 Å². The summed E-state index contributed by atoms with van der Waals surface area (Å²) in [5.41, 5.74) is 0. The Hall–Kier alpha value is 0.230. The molecule has 0 unspecified atom stereocenters. The van der Waals surface area contributed by atoms with Gasteiger partial charge in [0.1, 0.15) is 0 Å². The van der Waals surface area contributed by atoms with Gasteiger partial charge in [-0.1, -0.05) is 43.6 Å². The number of halogens is 3. The van der Waals surface area contributed by atoms with Crippen LogP contribution in [-0.2, 0) is 0 Å². The highest BCUT2D eigenvalue weighted by Crippen LogP contribution is 2.35. The third-order valence-electron chi connectivity index (χ3n) is 1.94. The lowest BCUT2D eigenvalue weighted by molar-refractivity contribution is 1.36. The third-order valence-corrected chi connectivity index (χ3v) is 4.96. The maximum atomic E-state index is 3.56. The molecule has 4 heteroatoms. The Morgan fingerprint density at radius 1 is 0.750 bits per heavy atom. The van der Waals surface area contributed by atoms with Crippen LogP contribution in [-0.4, -0.2) is 0 Å². The number of hydrogen-bond acceptors (Lipinski definition) is 1. The van der Waals surface area contributed by atoms with Crippen molar-refractivity contribution in [2.45, 2.75) is 9.79 Å². The first-order valence-electron chi connectivity index (χ1n) is 4.53. The minimum atomic E-state index is 1.08. The Kier molecular flexibility index (Phi) is 4.53. The second kappa shape index (κ2) is 5.71. The Bertz CT molecular complexity index is 494. The average Bonchev–Trinajstić information content (AvgIpc) is 2.25. The van der Waals surface area contributed by atoms with Crippen molar-refractivity contribution in [3.63, 3.8) is 0 Å². The first kappa shape index (κ1) is 12.7. The Morgan fingerprint density at radius 3 is 2.00 bits per heavy atom. The van der Waals surface area contributed by atoms with Crippen LogP contribution in [0.4, 0.5) is 0 Å². The van der Waals surface area contributed by atoms with Crippen LogP contribution >= 0.6 is 59.6 Å². The summed E-state index contributed by atoms with van der Waals surface area (Å²) < 4.78 is 3.29. The molecule has 0 bridgehead atoms. The van der Waals surface area contributed by atoms with Crippen molar-refractivity contribution < 1.29 is 0 Å². The molecule has 0 aliphatic carbocycles. The van der Waals surface area contributed by atoms with Gasteiger partial charge in [0, 0.05) is 23.2 Å². The molecule has 0 saturated heterocycles. The lowest BCUT2D eigenvalue weighted by atomic mass is 10.4. The first-order chi connectivity index (χ1) is 7.65. The van der Waals surface area contributed by atoms with Gasteiger partial charge in [0.25, 0.3) is 0 Å². The molecule has 0 fully saturated rings. The van der Waals surface area contributed by atoms with E-state index in [0.29, 0.717) is 0 Å². The molecule has 2 aromatic carbocycles. The van der Waals surface area contributed by atoms with E-state index in [1.165, 1.54) is 9.79 Å². The Labute approximate surface area is 124 Å². The maximum absolute atomic E-state index is 3.56. The highest BCUT2D eigenvalue weighted by molar-refractivity contribution is 9.11. The highest BCUT2D eigenvalue weighted by Gasteiger charge is 2.02. The second-order valence-electron chi connectivity index (χ2n) is 3.13. The van der Waals surface area contributed by atoms with Crippen LogP contribution in [0.2, 0.25) is 0 Å². The molecule has 16 heavy (non-hydrogen) atoms. The van der Waals surface area contributed by atoms with Crippen molar-refractivity contribution in [2.24, 2.45) is 0 Å². The molecule has 0 atom stereocenters. The molecule has 0 nitrogen and oxygen atoms in total. The SMILES string of the molecule is Brc1ccc(Sc2ccc(Br)cc2Br)cc1. The van der Waals surface area contributed by atoms with Gasteiger partial charge in [-0.3, -0.25) is 0 Å². The smallest absolute Gasteiger partial charge is 0.0326 e. The van der Waals surface area contributed by atoms with E-state index in [0.717, 1.165) is 13.4 Å². The quantitative estimate of drug-likeness (QED) is 0.561. The predicted octanol–water partition coefficient (Wildman–Crippen LogP) is 6.13. The number of benzene rings is 2. The van der Waals surface area contributed by atoms with Gasteiger partial charge in [0.05, 0.1) is 0 Å². The molecule has 0 N–H and O–H groups in total. The minimum absolute atomic E-state index is 1.08. The largest absolute Gasteiger partial charge is 0.0889 e. The Balaban J connectivity index is 2.23. The lowest BCUT2D eigenvalue weighted by Gasteiger charge is -2.04. The van der Waals surface area contributed by atoms with Gasteiger partial charge in [0.15, 0.2) is 0 Å². The average molecular weight is 423 g/mol. The summed E-state index contributed by atoms with van der Waals surface area (Å²) in [6, 6.07) is 14.5. The molecule has 2 rings (SSSR count). The van der Waals surface area contributed by atoms with E-state index in [1.807, 2.05) is 6.07 Å². The van der Waals surface area contributed by atoms with Crippen LogP contribution in [0.3, 0.4) is 0 Å². The van der Waals surface area contributed by atoms with Gasteiger partial charge in [-0.15, -0.1) is 0 Å². The molecular weight excluding hydrogens is 416 g/mol. The molecule has 82 valence electrons. The minimum Gasteiger partial charge on any atom is -0.0889 e. The van der Waals surface area contributed by atoms with E-state index in [-0.39, 0.29) is 0 Å². The molecule has 2 aromatic rings. The number of hydrogen-bond donors (Lipinski definition) is 0. The third kappa shape index (κ3) is 3.36. The summed E-state index contributed by atoms with van der Waals surface area (Å²) in [5.74, 6) is 0. The van der Waals surface area contributed by atoms with Crippen LogP contribution < -0.4 is 0 Å². The molecule has 0 aliphatic heterocycles. The summed E-state index contributed by atoms with van der Waals surface area (Å²) >= 11 is 12.2. The van der Waals surface area contributed by atoms with Gasteiger partial charge in [-0.25, -0.2) is 0 Å². The van der Waals surface area contributed by atoms with Gasteiger partial charge < -0.3 is 0 Å². The fourth-order valence-corrected chi connectivity index (χ4v) is 3.56. The maximum Gasteiger partial charge on any atom is 0.0326 e. The lowest BCUT2D eigenvalue weighted by Crippen LogP contribution is -1.76. The second-order valence-corrected chi connectivity index (χ2v) is 6.93. The van der Waals surface area contributed by atoms with Crippen molar-refractivity contribution in [2.75, 3.05) is 0 Å². The van der Waals surface area contributed by atoms with E-state index < -0.39 is 0 Å². The van der Waals surface area contributed by atoms with Crippen molar-refractivity contribution in [3.8, 4) is 0 Å². The van der Waals surface area contributed by atoms with Crippen molar-refractivity contribution in [1.29, 1.82) is 0 Å². The molecule has 0 spiro atoms. The molecule has 0 heterocycles. The van der Waals surface area contributed by atoms with Gasteiger partial charge in [-0.05, 0) is 58.4 Å². The molecule has 0 radical (unpaired) electrons. The van der Waals surface area contributed by atoms with E-state index >= 15 is 0 Å². The van der Waals surface area contributed by atoms with E-state index in [4.69, 9.17) is 0 Å². The van der Waals surface area contributed by atoms with Crippen LogP contribution in [0.25, 0.3) is 0 Å². The van der Waals surface area contributed by atoms with Crippen LogP contribution in [0, 0.1) is 0 Å². The summed E-state index contributed by atoms with van der Waals surface area (Å²) in [6.07, 6.45) is 0. The van der Waals surface area contributed by atoms with E-state index in [9.17, 15) is 0 Å². The zero-order valence-corrected chi connectivity index (χ0v) is 13.7. The van der Waals surface area contributed by atoms with Crippen LogP contribution in [0.1, 0.15) is 0 Å². The zero-order chi connectivity index (χ0) is 11.5. The standard InChI is InChI=1S/C12H7Br3S/c13-8-1-4-10(5-2-8)16-12-6-3-9(14)7-11(12)15/h1-7H. The summed E-state index contributed by atoms with van der Waals surface area (Å²) in [6.45, 7) is 0. The summed E-state index contributed by atoms with van der Waals surface area (Å²) in [7, 11) is 0. The number of rotatable bonds is 2. The summed E-state index contributed by atoms with van der Waals surface area (Å²) in [4.78, 5) is 2.44. The molecule has 0 saturated carbocycles. The van der Waals surface area contributed by atoms with Crippen LogP contribution in [0.5, 0.6) is 0 Å². The Morgan fingerprint density at radius 2 is 1.38 bits per heavy atom. The van der Waals surface area contributed by atoms with Crippen LogP contribution in [0.15, 0.2) is 65.7 Å². The van der Waals surface area contributed by atoms with Crippen molar-refractivity contribution in [3.05, 3.63) is 55.9 Å². The monoisotopic (exact) mass is 420 g/mol. The highest BCUT2D eigenvalue weighted by atomic mass is 79.9. The zero-order valence-electron chi connectivity index (χ0n) is 8.08. The first-order valence-corrected chi connectivity index (χ1v) is 7.73. The van der Waals surface area contributed by atoms with Crippen molar-refractivity contribution in [1.82, 2.24) is 0 Å². The summed E-state index contributed by atoms with van der Waals surface area (Å²) in [5, 5.41) is 0. The molecule has 0 amide bonds. The van der Waals surface area contributed by atoms with Gasteiger partial charge >= 0.3 is 0 Å². The van der Waals surface area contributed by atoms with E-state index in [1.54, 1.807) is 11.8 Å². The normalized spacial score (nSPS) is 10.4.